The van der Waals surface area contributed by atoms with E-state index in [1.807, 2.05) is 29.9 Å². The number of benzene rings is 1. The molecule has 6 nitrogen and oxygen atoms in total. The second-order valence-electron chi connectivity index (χ2n) is 5.67. The minimum Gasteiger partial charge on any atom is -0.366 e. The maximum atomic E-state index is 11.7. The van der Waals surface area contributed by atoms with Gasteiger partial charge in [0.05, 0.1) is 12.1 Å². The number of nitrogens with zero attached hydrogens (tertiary/aromatic N) is 3. The quantitative estimate of drug-likeness (QED) is 0.696. The van der Waals surface area contributed by atoms with E-state index < -0.39 is 0 Å². The van der Waals surface area contributed by atoms with Crippen LogP contribution in [-0.2, 0) is 13.1 Å². The average Bonchev–Trinajstić information content (AvgIpc) is 3.15. The topological polar surface area (TPSA) is 71.8 Å². The lowest BCUT2D eigenvalue weighted by atomic mass is 10.1. The summed E-state index contributed by atoms with van der Waals surface area (Å²) >= 11 is 0. The highest BCUT2D eigenvalue weighted by atomic mass is 16.1. The molecule has 0 unspecified atom stereocenters. The Morgan fingerprint density at radius 1 is 1.12 bits per heavy atom. The molecule has 1 amide bonds. The predicted molar refractivity (Wildman–Crippen MR) is 97.3 cm³/mol. The van der Waals surface area contributed by atoms with E-state index in [2.05, 4.69) is 45.0 Å². The van der Waals surface area contributed by atoms with Crippen molar-refractivity contribution in [3.8, 4) is 0 Å². The summed E-state index contributed by atoms with van der Waals surface area (Å²) in [5.74, 6) is 0.642. The van der Waals surface area contributed by atoms with Gasteiger partial charge in [-0.15, -0.1) is 0 Å². The number of aromatic nitrogens is 3. The SMILES string of the molecule is CCNC(=O)c1ccc(NCc2ccc(Cn3cccn3)cc2)nc1. The van der Waals surface area contributed by atoms with Gasteiger partial charge >= 0.3 is 0 Å². The van der Waals surface area contributed by atoms with Gasteiger partial charge < -0.3 is 10.6 Å². The fourth-order valence-corrected chi connectivity index (χ4v) is 2.43. The third kappa shape index (κ3) is 4.67. The van der Waals surface area contributed by atoms with Crippen molar-refractivity contribution in [1.82, 2.24) is 20.1 Å². The van der Waals surface area contributed by atoms with Crippen molar-refractivity contribution < 1.29 is 4.79 Å². The first-order chi connectivity index (χ1) is 12.2. The molecule has 0 aliphatic carbocycles. The molecule has 0 fully saturated rings. The summed E-state index contributed by atoms with van der Waals surface area (Å²) in [5.41, 5.74) is 2.94. The smallest absolute Gasteiger partial charge is 0.252 e. The second-order valence-corrected chi connectivity index (χ2v) is 5.67. The molecule has 2 heterocycles. The van der Waals surface area contributed by atoms with E-state index in [1.165, 1.54) is 11.1 Å². The molecule has 0 radical (unpaired) electrons. The Morgan fingerprint density at radius 2 is 1.92 bits per heavy atom. The number of carbonyl (C=O) groups is 1. The third-order valence-corrected chi connectivity index (χ3v) is 3.76. The lowest BCUT2D eigenvalue weighted by molar-refractivity contribution is 0.0955. The van der Waals surface area contributed by atoms with Gasteiger partial charge in [-0.3, -0.25) is 9.48 Å². The van der Waals surface area contributed by atoms with Crippen molar-refractivity contribution in [3.63, 3.8) is 0 Å². The standard InChI is InChI=1S/C19H21N5O/c1-2-20-19(25)17-8-9-18(22-13-17)21-12-15-4-6-16(7-5-15)14-24-11-3-10-23-24/h3-11,13H,2,12,14H2,1H3,(H,20,25)(H,21,22). The minimum atomic E-state index is -0.102. The van der Waals surface area contributed by atoms with Gasteiger partial charge in [0.1, 0.15) is 5.82 Å². The van der Waals surface area contributed by atoms with E-state index in [9.17, 15) is 4.79 Å². The zero-order chi connectivity index (χ0) is 17.5. The number of rotatable bonds is 7. The summed E-state index contributed by atoms with van der Waals surface area (Å²) in [4.78, 5) is 16.0. The highest BCUT2D eigenvalue weighted by Crippen LogP contribution is 2.10. The summed E-state index contributed by atoms with van der Waals surface area (Å²) < 4.78 is 1.90. The monoisotopic (exact) mass is 335 g/mol. The molecule has 3 aromatic rings. The van der Waals surface area contributed by atoms with Crippen molar-refractivity contribution in [2.24, 2.45) is 0 Å². The molecule has 25 heavy (non-hydrogen) atoms. The van der Waals surface area contributed by atoms with Gasteiger partial charge in [0.2, 0.25) is 0 Å². The van der Waals surface area contributed by atoms with Gasteiger partial charge in [0, 0.05) is 31.7 Å². The van der Waals surface area contributed by atoms with Gasteiger partial charge in [0.25, 0.3) is 5.91 Å². The lowest BCUT2D eigenvalue weighted by Crippen LogP contribution is -2.22. The Bertz CT molecular complexity index is 795. The number of anilines is 1. The molecule has 2 N–H and O–H groups in total. The molecular formula is C19H21N5O. The number of hydrogen-bond donors (Lipinski definition) is 2. The first kappa shape index (κ1) is 16.7. The lowest BCUT2D eigenvalue weighted by Gasteiger charge is -2.08. The average molecular weight is 335 g/mol. The number of pyridine rings is 1. The van der Waals surface area contributed by atoms with E-state index in [0.29, 0.717) is 18.7 Å². The Kier molecular flexibility index (Phi) is 5.41. The predicted octanol–water partition coefficient (Wildman–Crippen LogP) is 2.69. The van der Waals surface area contributed by atoms with Crippen LogP contribution in [0.1, 0.15) is 28.4 Å². The number of amides is 1. The highest BCUT2D eigenvalue weighted by Gasteiger charge is 2.04. The molecule has 0 spiro atoms. The second kappa shape index (κ2) is 8.10. The Morgan fingerprint density at radius 3 is 2.56 bits per heavy atom. The zero-order valence-corrected chi connectivity index (χ0v) is 14.1. The fourth-order valence-electron chi connectivity index (χ4n) is 2.43. The molecule has 6 heteroatoms. The van der Waals surface area contributed by atoms with Crippen LogP contribution in [-0.4, -0.2) is 27.2 Å². The first-order valence-electron chi connectivity index (χ1n) is 8.28. The van der Waals surface area contributed by atoms with Crippen LogP contribution >= 0.6 is 0 Å². The van der Waals surface area contributed by atoms with E-state index in [4.69, 9.17) is 0 Å². The Balaban J connectivity index is 1.53. The summed E-state index contributed by atoms with van der Waals surface area (Å²) in [6, 6.07) is 13.9. The Hall–Kier alpha value is -3.15. The molecule has 0 aliphatic heterocycles. The van der Waals surface area contributed by atoms with E-state index in [0.717, 1.165) is 12.4 Å². The molecule has 128 valence electrons. The van der Waals surface area contributed by atoms with Crippen molar-refractivity contribution in [2.75, 3.05) is 11.9 Å². The van der Waals surface area contributed by atoms with Crippen LogP contribution < -0.4 is 10.6 Å². The maximum Gasteiger partial charge on any atom is 0.252 e. The van der Waals surface area contributed by atoms with Crippen molar-refractivity contribution in [1.29, 1.82) is 0 Å². The van der Waals surface area contributed by atoms with Crippen LogP contribution in [0.3, 0.4) is 0 Å². The van der Waals surface area contributed by atoms with Crippen molar-refractivity contribution >= 4 is 11.7 Å². The molecule has 1 aromatic carbocycles. The van der Waals surface area contributed by atoms with Crippen molar-refractivity contribution in [3.05, 3.63) is 77.7 Å². The molecule has 0 aliphatic rings. The molecule has 0 saturated heterocycles. The maximum absolute atomic E-state index is 11.7. The summed E-state index contributed by atoms with van der Waals surface area (Å²) in [5, 5.41) is 10.2. The molecule has 0 atom stereocenters. The van der Waals surface area contributed by atoms with Gasteiger partial charge in [0.15, 0.2) is 0 Å². The Labute approximate surface area is 146 Å². The van der Waals surface area contributed by atoms with Crippen LogP contribution in [0.25, 0.3) is 0 Å². The van der Waals surface area contributed by atoms with Gasteiger partial charge in [-0.05, 0) is 36.2 Å². The van der Waals surface area contributed by atoms with Crippen LogP contribution in [0.5, 0.6) is 0 Å². The normalized spacial score (nSPS) is 10.4. The number of carbonyl (C=O) groups excluding carboxylic acids is 1. The van der Waals surface area contributed by atoms with Gasteiger partial charge in [-0.25, -0.2) is 4.98 Å². The van der Waals surface area contributed by atoms with Crippen LogP contribution in [0.15, 0.2) is 61.1 Å². The van der Waals surface area contributed by atoms with Gasteiger partial charge in [-0.1, -0.05) is 24.3 Å². The molecule has 0 saturated carbocycles. The molecule has 3 rings (SSSR count). The minimum absolute atomic E-state index is 0.102. The van der Waals surface area contributed by atoms with Crippen molar-refractivity contribution in [2.45, 2.75) is 20.0 Å². The molecule has 2 aromatic heterocycles. The summed E-state index contributed by atoms with van der Waals surface area (Å²) in [6.07, 6.45) is 5.31. The van der Waals surface area contributed by atoms with E-state index in [1.54, 1.807) is 18.5 Å². The number of hydrogen-bond acceptors (Lipinski definition) is 4. The van der Waals surface area contributed by atoms with E-state index >= 15 is 0 Å². The molecule has 0 bridgehead atoms. The summed E-state index contributed by atoms with van der Waals surface area (Å²) in [7, 11) is 0. The van der Waals surface area contributed by atoms with Crippen LogP contribution in [0, 0.1) is 0 Å². The van der Waals surface area contributed by atoms with Gasteiger partial charge in [-0.2, -0.15) is 5.10 Å². The first-order valence-corrected chi connectivity index (χ1v) is 8.28. The molecular weight excluding hydrogens is 314 g/mol. The largest absolute Gasteiger partial charge is 0.366 e. The zero-order valence-electron chi connectivity index (χ0n) is 14.1. The van der Waals surface area contributed by atoms with Crippen LogP contribution in [0.2, 0.25) is 0 Å². The van der Waals surface area contributed by atoms with Crippen LogP contribution in [0.4, 0.5) is 5.82 Å². The van der Waals surface area contributed by atoms with E-state index in [-0.39, 0.29) is 5.91 Å². The number of nitrogens with one attached hydrogen (secondary N) is 2. The highest BCUT2D eigenvalue weighted by molar-refractivity contribution is 5.93. The summed E-state index contributed by atoms with van der Waals surface area (Å²) in [6.45, 7) is 3.94. The fraction of sp³-hybridized carbons (Fsp3) is 0.211. The third-order valence-electron chi connectivity index (χ3n) is 3.76.